The van der Waals surface area contributed by atoms with E-state index in [0.29, 0.717) is 5.92 Å². The van der Waals surface area contributed by atoms with Crippen LogP contribution in [-0.2, 0) is 0 Å². The summed E-state index contributed by atoms with van der Waals surface area (Å²) in [4.78, 5) is 14.3. The van der Waals surface area contributed by atoms with Gasteiger partial charge < -0.3 is 10.2 Å². The van der Waals surface area contributed by atoms with Crippen LogP contribution in [0.3, 0.4) is 0 Å². The Morgan fingerprint density at radius 3 is 2.83 bits per heavy atom. The number of hydrogen-bond acceptors (Lipinski definition) is 2. The lowest BCUT2D eigenvalue weighted by Gasteiger charge is -2.17. The van der Waals surface area contributed by atoms with Gasteiger partial charge in [0.2, 0.25) is 0 Å². The first-order valence-corrected chi connectivity index (χ1v) is 6.75. The molecule has 0 radical (unpaired) electrons. The van der Waals surface area contributed by atoms with E-state index in [1.807, 2.05) is 30.0 Å². The van der Waals surface area contributed by atoms with Crippen molar-refractivity contribution in [2.24, 2.45) is 5.92 Å². The number of likely N-dealkylation sites (tertiary alicyclic amines) is 1. The summed E-state index contributed by atoms with van der Waals surface area (Å²) in [5.74, 6) is 0.807. The number of nitrogens with zero attached hydrogens (tertiary/aromatic N) is 1. The fourth-order valence-corrected chi connectivity index (χ4v) is 2.49. The molecule has 18 heavy (non-hydrogen) atoms. The lowest BCUT2D eigenvalue weighted by atomic mass is 10.1. The van der Waals surface area contributed by atoms with Gasteiger partial charge >= 0.3 is 0 Å². The van der Waals surface area contributed by atoms with Gasteiger partial charge in [0.1, 0.15) is 0 Å². The van der Waals surface area contributed by atoms with Crippen molar-refractivity contribution in [3.05, 3.63) is 29.3 Å². The van der Waals surface area contributed by atoms with E-state index >= 15 is 0 Å². The number of rotatable bonds is 3. The fraction of sp³-hybridized carbons (Fsp3) is 0.533. The number of hydrogen-bond donors (Lipinski definition) is 1. The number of benzene rings is 1. The van der Waals surface area contributed by atoms with Gasteiger partial charge in [-0.2, -0.15) is 0 Å². The van der Waals surface area contributed by atoms with Gasteiger partial charge in [-0.25, -0.2) is 0 Å². The van der Waals surface area contributed by atoms with Gasteiger partial charge in [-0.15, -0.1) is 0 Å². The highest BCUT2D eigenvalue weighted by atomic mass is 16.2. The van der Waals surface area contributed by atoms with Gasteiger partial charge in [-0.3, -0.25) is 4.79 Å². The zero-order valence-corrected chi connectivity index (χ0v) is 11.5. The summed E-state index contributed by atoms with van der Waals surface area (Å²) in [6.45, 7) is 9.01. The predicted molar refractivity (Wildman–Crippen MR) is 75.0 cm³/mol. The van der Waals surface area contributed by atoms with E-state index in [2.05, 4.69) is 19.2 Å². The van der Waals surface area contributed by atoms with Crippen LogP contribution in [0.1, 0.15) is 36.2 Å². The molecule has 1 unspecified atom stereocenters. The second-order valence-corrected chi connectivity index (χ2v) is 5.21. The summed E-state index contributed by atoms with van der Waals surface area (Å²) in [7, 11) is 0. The normalized spacial score (nSPS) is 19.1. The molecule has 0 spiro atoms. The van der Waals surface area contributed by atoms with Crippen molar-refractivity contribution >= 4 is 11.6 Å². The first-order chi connectivity index (χ1) is 8.61. The van der Waals surface area contributed by atoms with Crippen LogP contribution in [0.15, 0.2) is 18.2 Å². The molecule has 1 aliphatic heterocycles. The molecule has 0 bridgehead atoms. The van der Waals surface area contributed by atoms with Crippen LogP contribution in [0, 0.1) is 12.8 Å². The zero-order valence-electron chi connectivity index (χ0n) is 11.5. The Morgan fingerprint density at radius 1 is 1.50 bits per heavy atom. The molecule has 1 atom stereocenters. The molecule has 3 heteroatoms. The van der Waals surface area contributed by atoms with Crippen molar-refractivity contribution in [3.63, 3.8) is 0 Å². The average Bonchev–Trinajstić information content (AvgIpc) is 2.78. The molecule has 2 rings (SSSR count). The predicted octanol–water partition coefficient (Wildman–Crippen LogP) is 2.91. The van der Waals surface area contributed by atoms with Gasteiger partial charge in [0.25, 0.3) is 5.91 Å². The average molecular weight is 246 g/mol. The monoisotopic (exact) mass is 246 g/mol. The Labute approximate surface area is 109 Å². The summed E-state index contributed by atoms with van der Waals surface area (Å²) in [6.07, 6.45) is 1.13. The van der Waals surface area contributed by atoms with Crippen LogP contribution in [-0.4, -0.2) is 30.4 Å². The maximum absolute atomic E-state index is 12.3. The molecule has 1 saturated heterocycles. The zero-order chi connectivity index (χ0) is 13.1. The number of amides is 1. The van der Waals surface area contributed by atoms with Crippen LogP contribution >= 0.6 is 0 Å². The highest BCUT2D eigenvalue weighted by Gasteiger charge is 2.24. The summed E-state index contributed by atoms with van der Waals surface area (Å²) < 4.78 is 0. The Hall–Kier alpha value is -1.51. The number of nitrogens with one attached hydrogen (secondary N) is 1. The Kier molecular flexibility index (Phi) is 3.90. The molecule has 0 aromatic heterocycles. The molecule has 1 aliphatic rings. The second-order valence-electron chi connectivity index (χ2n) is 5.21. The third-order valence-electron chi connectivity index (χ3n) is 3.55. The van der Waals surface area contributed by atoms with Gasteiger partial charge in [0, 0.05) is 30.9 Å². The van der Waals surface area contributed by atoms with Crippen molar-refractivity contribution in [2.75, 3.05) is 25.0 Å². The smallest absolute Gasteiger partial charge is 0.253 e. The lowest BCUT2D eigenvalue weighted by Crippen LogP contribution is -2.28. The van der Waals surface area contributed by atoms with Crippen molar-refractivity contribution in [3.8, 4) is 0 Å². The minimum Gasteiger partial charge on any atom is -0.385 e. The quantitative estimate of drug-likeness (QED) is 0.889. The molecule has 1 aromatic rings. The maximum Gasteiger partial charge on any atom is 0.253 e. The van der Waals surface area contributed by atoms with Crippen molar-refractivity contribution in [1.82, 2.24) is 4.90 Å². The summed E-state index contributed by atoms with van der Waals surface area (Å²) in [5.41, 5.74) is 3.06. The highest BCUT2D eigenvalue weighted by Crippen LogP contribution is 2.21. The van der Waals surface area contributed by atoms with Crippen LogP contribution in [0.2, 0.25) is 0 Å². The van der Waals surface area contributed by atoms with E-state index < -0.39 is 0 Å². The lowest BCUT2D eigenvalue weighted by molar-refractivity contribution is 0.0788. The van der Waals surface area contributed by atoms with Crippen molar-refractivity contribution < 1.29 is 4.79 Å². The van der Waals surface area contributed by atoms with E-state index in [-0.39, 0.29) is 5.91 Å². The van der Waals surface area contributed by atoms with Gasteiger partial charge in [0.05, 0.1) is 0 Å². The van der Waals surface area contributed by atoms with Crippen LogP contribution in [0.25, 0.3) is 0 Å². The first kappa shape index (κ1) is 12.9. The molecule has 3 nitrogen and oxygen atoms in total. The van der Waals surface area contributed by atoms with Crippen molar-refractivity contribution in [1.29, 1.82) is 0 Å². The van der Waals surface area contributed by atoms with E-state index in [1.54, 1.807) is 0 Å². The second kappa shape index (κ2) is 5.42. The molecule has 0 aliphatic carbocycles. The Balaban J connectivity index is 2.13. The SMILES string of the molecule is CCNc1ccc(C(=O)N2CCC(C)C2)cc1C. The fourth-order valence-electron chi connectivity index (χ4n) is 2.49. The third-order valence-corrected chi connectivity index (χ3v) is 3.55. The molecule has 98 valence electrons. The van der Waals surface area contributed by atoms with Crippen LogP contribution in [0.5, 0.6) is 0 Å². The molecule has 1 fully saturated rings. The molecular weight excluding hydrogens is 224 g/mol. The summed E-state index contributed by atoms with van der Waals surface area (Å²) in [5, 5.41) is 3.29. The topological polar surface area (TPSA) is 32.3 Å². The van der Waals surface area contributed by atoms with E-state index in [4.69, 9.17) is 0 Å². The Morgan fingerprint density at radius 2 is 2.28 bits per heavy atom. The van der Waals surface area contributed by atoms with Crippen molar-refractivity contribution in [2.45, 2.75) is 27.2 Å². The maximum atomic E-state index is 12.3. The summed E-state index contributed by atoms with van der Waals surface area (Å²) in [6, 6.07) is 5.92. The standard InChI is InChI=1S/C15H22N2O/c1-4-16-14-6-5-13(9-12(14)3)15(18)17-8-7-11(2)10-17/h5-6,9,11,16H,4,7-8,10H2,1-3H3. The highest BCUT2D eigenvalue weighted by molar-refractivity contribution is 5.95. The number of anilines is 1. The molecule has 1 N–H and O–H groups in total. The van der Waals surface area contributed by atoms with E-state index in [1.165, 1.54) is 0 Å². The number of carbonyl (C=O) groups is 1. The van der Waals surface area contributed by atoms with Gasteiger partial charge in [-0.05, 0) is 49.9 Å². The first-order valence-electron chi connectivity index (χ1n) is 6.75. The van der Waals surface area contributed by atoms with E-state index in [9.17, 15) is 4.79 Å². The minimum atomic E-state index is 0.172. The van der Waals surface area contributed by atoms with Gasteiger partial charge in [-0.1, -0.05) is 6.92 Å². The van der Waals surface area contributed by atoms with Gasteiger partial charge in [0.15, 0.2) is 0 Å². The molecule has 1 aromatic carbocycles. The largest absolute Gasteiger partial charge is 0.385 e. The third kappa shape index (κ3) is 2.66. The Bertz CT molecular complexity index is 442. The minimum absolute atomic E-state index is 0.172. The molecule has 1 amide bonds. The van der Waals surface area contributed by atoms with E-state index in [0.717, 1.165) is 42.9 Å². The van der Waals surface area contributed by atoms with Crippen LogP contribution in [0.4, 0.5) is 5.69 Å². The van der Waals surface area contributed by atoms with Crippen LogP contribution < -0.4 is 5.32 Å². The molecular formula is C15H22N2O. The number of aryl methyl sites for hydroxylation is 1. The molecule has 1 heterocycles. The molecule has 0 saturated carbocycles. The summed E-state index contributed by atoms with van der Waals surface area (Å²) >= 11 is 0. The number of carbonyl (C=O) groups excluding carboxylic acids is 1.